The number of carbonyl (C=O) groups excluding carboxylic acids is 1. The molecule has 0 fully saturated rings. The molecular weight excluding hydrogens is 253 g/mol. The number of hydrogen-bond donors (Lipinski definition) is 1. The van der Waals surface area contributed by atoms with Crippen LogP contribution in [0.3, 0.4) is 0 Å². The van der Waals surface area contributed by atoms with Gasteiger partial charge in [0.05, 0.1) is 5.92 Å². The van der Waals surface area contributed by atoms with Gasteiger partial charge in [-0.2, -0.15) is 0 Å². The normalized spacial score (nSPS) is 11.4. The molecule has 0 saturated heterocycles. The lowest BCUT2D eigenvalue weighted by molar-refractivity contribution is -0.118. The molecule has 1 aromatic rings. The van der Waals surface area contributed by atoms with E-state index in [0.717, 1.165) is 5.56 Å². The molecule has 0 heterocycles. The highest BCUT2D eigenvalue weighted by atomic mass is 35.5. The number of benzene rings is 1. The van der Waals surface area contributed by atoms with Crippen molar-refractivity contribution in [2.75, 3.05) is 19.8 Å². The van der Waals surface area contributed by atoms with Crippen molar-refractivity contribution in [1.29, 1.82) is 0 Å². The molecular formula is C14H21ClFNO. The fourth-order valence-corrected chi connectivity index (χ4v) is 1.63. The van der Waals surface area contributed by atoms with Crippen LogP contribution >= 0.6 is 11.6 Å². The number of Topliss-reactive ketones (excluding diaryl/α,β-unsaturated/α-hetero) is 1. The third-order valence-electron chi connectivity index (χ3n) is 2.38. The highest BCUT2D eigenvalue weighted by molar-refractivity contribution is 6.30. The molecule has 1 rings (SSSR count). The monoisotopic (exact) mass is 273 g/mol. The van der Waals surface area contributed by atoms with Crippen molar-refractivity contribution in [3.8, 4) is 0 Å². The number of rotatable bonds is 6. The van der Waals surface area contributed by atoms with Gasteiger partial charge in [0, 0.05) is 18.1 Å². The van der Waals surface area contributed by atoms with Gasteiger partial charge < -0.3 is 5.32 Å². The molecule has 0 bridgehead atoms. The highest BCUT2D eigenvalue weighted by Gasteiger charge is 2.15. The minimum atomic E-state index is -0.425. The minimum absolute atomic E-state index is 0.0636. The maximum absolute atomic E-state index is 11.9. The van der Waals surface area contributed by atoms with Gasteiger partial charge in [0.2, 0.25) is 0 Å². The van der Waals surface area contributed by atoms with Crippen LogP contribution in [0.1, 0.15) is 32.3 Å². The largest absolute Gasteiger partial charge is 0.313 e. The fourth-order valence-electron chi connectivity index (χ4n) is 1.50. The summed E-state index contributed by atoms with van der Waals surface area (Å²) >= 11 is 5.77. The summed E-state index contributed by atoms with van der Waals surface area (Å²) in [5.74, 6) is -0.169. The van der Waals surface area contributed by atoms with E-state index in [-0.39, 0.29) is 18.2 Å². The molecule has 1 aromatic carbocycles. The maximum atomic E-state index is 11.9. The second-order valence-corrected chi connectivity index (χ2v) is 4.04. The Balaban J connectivity index is 0.00000137. The SMILES string of the molecule is CC.CC(=O)C(CNCCF)c1ccc(Cl)cc1. The molecule has 4 heteroatoms. The molecule has 0 saturated carbocycles. The zero-order valence-electron chi connectivity index (χ0n) is 11.2. The average Bonchev–Trinajstić information content (AvgIpc) is 2.38. The quantitative estimate of drug-likeness (QED) is 0.803. The summed E-state index contributed by atoms with van der Waals surface area (Å²) in [6.45, 7) is 5.85. The van der Waals surface area contributed by atoms with Crippen LogP contribution in [0, 0.1) is 0 Å². The molecule has 0 aliphatic heterocycles. The Labute approximate surface area is 114 Å². The molecule has 0 amide bonds. The van der Waals surface area contributed by atoms with Crippen molar-refractivity contribution in [3.05, 3.63) is 34.9 Å². The zero-order valence-corrected chi connectivity index (χ0v) is 11.9. The molecule has 0 aliphatic carbocycles. The predicted octanol–water partition coefficient (Wildman–Crippen LogP) is 3.60. The molecule has 1 N–H and O–H groups in total. The lowest BCUT2D eigenvalue weighted by Gasteiger charge is -2.14. The first-order valence-corrected chi connectivity index (χ1v) is 6.55. The topological polar surface area (TPSA) is 29.1 Å². The van der Waals surface area contributed by atoms with Gasteiger partial charge in [0.25, 0.3) is 0 Å². The predicted molar refractivity (Wildman–Crippen MR) is 75.1 cm³/mol. The Morgan fingerprint density at radius 1 is 1.33 bits per heavy atom. The van der Waals surface area contributed by atoms with Crippen LogP contribution in [-0.4, -0.2) is 25.5 Å². The van der Waals surface area contributed by atoms with Crippen molar-refractivity contribution in [2.24, 2.45) is 0 Å². The lowest BCUT2D eigenvalue weighted by atomic mass is 9.95. The van der Waals surface area contributed by atoms with Crippen LogP contribution in [0.2, 0.25) is 5.02 Å². The van der Waals surface area contributed by atoms with E-state index in [1.165, 1.54) is 6.92 Å². The number of carbonyl (C=O) groups is 1. The summed E-state index contributed by atoms with van der Waals surface area (Å²) in [7, 11) is 0. The van der Waals surface area contributed by atoms with E-state index in [0.29, 0.717) is 11.6 Å². The summed E-state index contributed by atoms with van der Waals surface area (Å²) < 4.78 is 11.9. The van der Waals surface area contributed by atoms with Crippen LogP contribution in [0.5, 0.6) is 0 Å². The van der Waals surface area contributed by atoms with Gasteiger partial charge >= 0.3 is 0 Å². The van der Waals surface area contributed by atoms with Crippen molar-refractivity contribution in [3.63, 3.8) is 0 Å². The van der Waals surface area contributed by atoms with Crippen molar-refractivity contribution in [2.45, 2.75) is 26.7 Å². The van der Waals surface area contributed by atoms with Gasteiger partial charge in [-0.3, -0.25) is 4.79 Å². The molecule has 1 unspecified atom stereocenters. The van der Waals surface area contributed by atoms with E-state index in [1.54, 1.807) is 12.1 Å². The summed E-state index contributed by atoms with van der Waals surface area (Å²) in [6.07, 6.45) is 0. The Kier molecular flexibility index (Phi) is 9.52. The van der Waals surface area contributed by atoms with E-state index in [2.05, 4.69) is 5.32 Å². The Bertz CT molecular complexity index is 340. The highest BCUT2D eigenvalue weighted by Crippen LogP contribution is 2.18. The van der Waals surface area contributed by atoms with Gasteiger partial charge in [-0.15, -0.1) is 0 Å². The molecule has 1 atom stereocenters. The van der Waals surface area contributed by atoms with Gasteiger partial charge in [-0.05, 0) is 24.6 Å². The average molecular weight is 274 g/mol. The van der Waals surface area contributed by atoms with E-state index in [4.69, 9.17) is 11.6 Å². The van der Waals surface area contributed by atoms with Gasteiger partial charge in [0.1, 0.15) is 12.5 Å². The van der Waals surface area contributed by atoms with Gasteiger partial charge in [-0.1, -0.05) is 37.6 Å². The van der Waals surface area contributed by atoms with E-state index >= 15 is 0 Å². The van der Waals surface area contributed by atoms with Crippen LogP contribution in [0.15, 0.2) is 24.3 Å². The van der Waals surface area contributed by atoms with Crippen LogP contribution < -0.4 is 5.32 Å². The third-order valence-corrected chi connectivity index (χ3v) is 2.63. The summed E-state index contributed by atoms with van der Waals surface area (Å²) in [4.78, 5) is 11.5. The Morgan fingerprint density at radius 2 is 1.89 bits per heavy atom. The number of ketones is 1. The van der Waals surface area contributed by atoms with E-state index in [9.17, 15) is 9.18 Å². The number of hydrogen-bond acceptors (Lipinski definition) is 2. The third kappa shape index (κ3) is 6.12. The summed E-state index contributed by atoms with van der Waals surface area (Å²) in [6, 6.07) is 7.15. The van der Waals surface area contributed by atoms with Crippen molar-refractivity contribution < 1.29 is 9.18 Å². The van der Waals surface area contributed by atoms with Gasteiger partial charge in [0.15, 0.2) is 0 Å². The van der Waals surface area contributed by atoms with E-state index < -0.39 is 6.67 Å². The smallest absolute Gasteiger partial charge is 0.138 e. The summed E-state index contributed by atoms with van der Waals surface area (Å²) in [5.41, 5.74) is 0.906. The van der Waals surface area contributed by atoms with Crippen LogP contribution in [0.25, 0.3) is 0 Å². The Hall–Kier alpha value is -0.930. The summed E-state index contributed by atoms with van der Waals surface area (Å²) in [5, 5.41) is 3.54. The number of halogens is 2. The van der Waals surface area contributed by atoms with E-state index in [1.807, 2.05) is 26.0 Å². The first kappa shape index (κ1) is 17.1. The second-order valence-electron chi connectivity index (χ2n) is 3.61. The standard InChI is InChI=1S/C12H15ClFNO.C2H6/c1-9(16)12(8-15-7-6-14)10-2-4-11(13)5-3-10;1-2/h2-5,12,15H,6-8H2,1H3;1-2H3. The fraction of sp³-hybridized carbons (Fsp3) is 0.500. The van der Waals surface area contributed by atoms with Crippen LogP contribution in [0.4, 0.5) is 4.39 Å². The van der Waals surface area contributed by atoms with Crippen LogP contribution in [-0.2, 0) is 4.79 Å². The number of alkyl halides is 1. The Morgan fingerprint density at radius 3 is 2.33 bits per heavy atom. The number of nitrogens with one attached hydrogen (secondary N) is 1. The molecule has 18 heavy (non-hydrogen) atoms. The second kappa shape index (κ2) is 10.0. The molecule has 0 spiro atoms. The molecule has 0 aromatic heterocycles. The molecule has 102 valence electrons. The first-order valence-electron chi connectivity index (χ1n) is 6.17. The molecule has 2 nitrogen and oxygen atoms in total. The minimum Gasteiger partial charge on any atom is -0.313 e. The lowest BCUT2D eigenvalue weighted by Crippen LogP contribution is -2.27. The van der Waals surface area contributed by atoms with Crippen molar-refractivity contribution in [1.82, 2.24) is 5.32 Å². The maximum Gasteiger partial charge on any atom is 0.138 e. The first-order chi connectivity index (χ1) is 8.65. The molecule has 0 radical (unpaired) electrons. The zero-order chi connectivity index (χ0) is 14.0. The van der Waals surface area contributed by atoms with Crippen molar-refractivity contribution >= 4 is 17.4 Å². The van der Waals surface area contributed by atoms with Gasteiger partial charge in [-0.25, -0.2) is 4.39 Å². The molecule has 0 aliphatic rings.